The fourth-order valence-corrected chi connectivity index (χ4v) is 2.59. The van der Waals surface area contributed by atoms with Crippen molar-refractivity contribution in [1.82, 2.24) is 9.80 Å². The third kappa shape index (κ3) is 3.37. The molecule has 3 nitrogen and oxygen atoms in total. The summed E-state index contributed by atoms with van der Waals surface area (Å²) < 4.78 is 25.2. The minimum Gasteiger partial charge on any atom is -0.330 e. The number of alkyl halides is 2. The largest absolute Gasteiger partial charge is 0.330 e. The van der Waals surface area contributed by atoms with Crippen LogP contribution in [0.1, 0.15) is 26.2 Å². The van der Waals surface area contributed by atoms with E-state index in [2.05, 4.69) is 11.8 Å². The number of hydrogen-bond donors (Lipinski definition) is 0. The molecule has 2 aliphatic rings. The van der Waals surface area contributed by atoms with E-state index in [1.807, 2.05) is 0 Å². The Balaban J connectivity index is 1.66. The molecule has 0 spiro atoms. The van der Waals surface area contributed by atoms with Crippen LogP contribution in [0.25, 0.3) is 0 Å². The number of nitrogens with zero attached hydrogens (tertiary/aromatic N) is 2. The van der Waals surface area contributed by atoms with E-state index in [1.54, 1.807) is 0 Å². The maximum Gasteiger partial charge on any atom is 0.282 e. The van der Waals surface area contributed by atoms with E-state index < -0.39 is 5.92 Å². The fraction of sp³-hybridized carbons (Fsp3) is 0.917. The Hall–Kier alpha value is -0.710. The van der Waals surface area contributed by atoms with Crippen molar-refractivity contribution in [3.8, 4) is 0 Å². The van der Waals surface area contributed by atoms with E-state index in [0.29, 0.717) is 18.9 Å². The Morgan fingerprint density at radius 1 is 1.41 bits per heavy atom. The molecule has 1 unspecified atom stereocenters. The molecule has 2 aliphatic heterocycles. The predicted octanol–water partition coefficient (Wildman–Crippen LogP) is 1.59. The van der Waals surface area contributed by atoms with Gasteiger partial charge in [-0.1, -0.05) is 6.92 Å². The first kappa shape index (κ1) is 12.7. The van der Waals surface area contributed by atoms with Gasteiger partial charge in [-0.3, -0.25) is 4.79 Å². The van der Waals surface area contributed by atoms with Gasteiger partial charge in [0.05, 0.1) is 13.1 Å². The van der Waals surface area contributed by atoms with Gasteiger partial charge in [0.25, 0.3) is 5.92 Å². The summed E-state index contributed by atoms with van der Waals surface area (Å²) in [5, 5.41) is 0. The number of piperidine rings is 1. The standard InChI is InChI=1S/C12H20F2N2O/c1-10-3-2-5-15(7-10)6-4-11(17)16-8-12(13,14)9-16/h10H,2-9H2,1H3. The molecule has 0 N–H and O–H groups in total. The summed E-state index contributed by atoms with van der Waals surface area (Å²) in [4.78, 5) is 15.1. The number of likely N-dealkylation sites (tertiary alicyclic amines) is 2. The minimum absolute atomic E-state index is 0.130. The van der Waals surface area contributed by atoms with Crippen LogP contribution in [0, 0.1) is 5.92 Å². The maximum atomic E-state index is 12.6. The van der Waals surface area contributed by atoms with Crippen LogP contribution in [-0.4, -0.2) is 54.4 Å². The van der Waals surface area contributed by atoms with Gasteiger partial charge in [-0.2, -0.15) is 0 Å². The Labute approximate surface area is 101 Å². The summed E-state index contributed by atoms with van der Waals surface area (Å²) in [6.45, 7) is 4.22. The quantitative estimate of drug-likeness (QED) is 0.755. The van der Waals surface area contributed by atoms with Gasteiger partial charge < -0.3 is 9.80 Å². The zero-order valence-electron chi connectivity index (χ0n) is 10.3. The first-order chi connectivity index (χ1) is 7.96. The van der Waals surface area contributed by atoms with Gasteiger partial charge >= 0.3 is 0 Å². The predicted molar refractivity (Wildman–Crippen MR) is 61.0 cm³/mol. The number of hydrogen-bond acceptors (Lipinski definition) is 2. The average molecular weight is 246 g/mol. The summed E-state index contributed by atoms with van der Waals surface area (Å²) in [6, 6.07) is 0. The molecular formula is C12H20F2N2O. The van der Waals surface area contributed by atoms with Crippen molar-refractivity contribution in [2.24, 2.45) is 5.92 Å². The molecule has 2 fully saturated rings. The molecule has 1 amide bonds. The molecule has 2 saturated heterocycles. The number of amides is 1. The fourth-order valence-electron chi connectivity index (χ4n) is 2.59. The van der Waals surface area contributed by atoms with Gasteiger partial charge in [0.2, 0.25) is 5.91 Å². The van der Waals surface area contributed by atoms with Crippen LogP contribution in [0.4, 0.5) is 8.78 Å². The number of rotatable bonds is 3. The molecule has 0 aromatic heterocycles. The highest BCUT2D eigenvalue weighted by atomic mass is 19.3. The van der Waals surface area contributed by atoms with Crippen molar-refractivity contribution >= 4 is 5.91 Å². The summed E-state index contributed by atoms with van der Waals surface area (Å²) in [6.07, 6.45) is 2.81. The molecule has 5 heteroatoms. The molecule has 2 rings (SSSR count). The summed E-state index contributed by atoms with van der Waals surface area (Å²) in [7, 11) is 0. The second-order valence-corrected chi connectivity index (χ2v) is 5.40. The molecule has 0 saturated carbocycles. The van der Waals surface area contributed by atoms with Crippen LogP contribution in [0.15, 0.2) is 0 Å². The molecule has 17 heavy (non-hydrogen) atoms. The van der Waals surface area contributed by atoms with Gasteiger partial charge in [0.1, 0.15) is 0 Å². The first-order valence-electron chi connectivity index (χ1n) is 6.34. The average Bonchev–Trinajstić information content (AvgIpc) is 2.22. The highest BCUT2D eigenvalue weighted by molar-refractivity contribution is 5.77. The lowest BCUT2D eigenvalue weighted by Crippen LogP contribution is -2.58. The Morgan fingerprint density at radius 2 is 2.12 bits per heavy atom. The van der Waals surface area contributed by atoms with Gasteiger partial charge in [-0.15, -0.1) is 0 Å². The number of carbonyl (C=O) groups is 1. The van der Waals surface area contributed by atoms with E-state index in [-0.39, 0.29) is 19.0 Å². The molecule has 0 bridgehead atoms. The van der Waals surface area contributed by atoms with Crippen LogP contribution in [0.2, 0.25) is 0 Å². The SMILES string of the molecule is CC1CCCN(CCC(=O)N2CC(F)(F)C2)C1. The van der Waals surface area contributed by atoms with E-state index in [1.165, 1.54) is 17.7 Å². The summed E-state index contributed by atoms with van der Waals surface area (Å²) in [5.41, 5.74) is 0. The van der Waals surface area contributed by atoms with Crippen molar-refractivity contribution in [3.05, 3.63) is 0 Å². The Morgan fingerprint density at radius 3 is 2.71 bits per heavy atom. The molecule has 0 aliphatic carbocycles. The van der Waals surface area contributed by atoms with Gasteiger partial charge in [-0.25, -0.2) is 8.78 Å². The molecule has 0 aromatic rings. The maximum absolute atomic E-state index is 12.6. The zero-order chi connectivity index (χ0) is 12.5. The molecule has 0 radical (unpaired) electrons. The van der Waals surface area contributed by atoms with E-state index in [4.69, 9.17) is 0 Å². The minimum atomic E-state index is -2.64. The highest BCUT2D eigenvalue weighted by Gasteiger charge is 2.45. The van der Waals surface area contributed by atoms with Gasteiger partial charge in [0.15, 0.2) is 0 Å². The second-order valence-electron chi connectivity index (χ2n) is 5.40. The van der Waals surface area contributed by atoms with Crippen molar-refractivity contribution < 1.29 is 13.6 Å². The Kier molecular flexibility index (Phi) is 3.66. The Bertz CT molecular complexity index is 288. The monoisotopic (exact) mass is 246 g/mol. The van der Waals surface area contributed by atoms with E-state index in [0.717, 1.165) is 13.1 Å². The molecular weight excluding hydrogens is 226 g/mol. The third-order valence-corrected chi connectivity index (χ3v) is 3.58. The molecule has 98 valence electrons. The second kappa shape index (κ2) is 4.88. The van der Waals surface area contributed by atoms with Crippen molar-refractivity contribution in [2.75, 3.05) is 32.7 Å². The van der Waals surface area contributed by atoms with Crippen LogP contribution in [-0.2, 0) is 4.79 Å². The number of carbonyl (C=O) groups excluding carboxylic acids is 1. The molecule has 2 heterocycles. The van der Waals surface area contributed by atoms with Crippen molar-refractivity contribution in [3.63, 3.8) is 0 Å². The lowest BCUT2D eigenvalue weighted by atomic mass is 10.00. The first-order valence-corrected chi connectivity index (χ1v) is 6.34. The normalized spacial score (nSPS) is 28.9. The van der Waals surface area contributed by atoms with E-state index in [9.17, 15) is 13.6 Å². The summed E-state index contributed by atoms with van der Waals surface area (Å²) >= 11 is 0. The zero-order valence-corrected chi connectivity index (χ0v) is 10.3. The van der Waals surface area contributed by atoms with Crippen molar-refractivity contribution in [1.29, 1.82) is 0 Å². The van der Waals surface area contributed by atoms with E-state index >= 15 is 0 Å². The lowest BCUT2D eigenvalue weighted by molar-refractivity contribution is -0.166. The van der Waals surface area contributed by atoms with Crippen molar-refractivity contribution in [2.45, 2.75) is 32.1 Å². The summed E-state index contributed by atoms with van der Waals surface area (Å²) in [5.74, 6) is -2.09. The molecule has 1 atom stereocenters. The van der Waals surface area contributed by atoms with Gasteiger partial charge in [-0.05, 0) is 25.3 Å². The lowest BCUT2D eigenvalue weighted by Gasteiger charge is -2.39. The van der Waals surface area contributed by atoms with Crippen LogP contribution in [0.3, 0.4) is 0 Å². The topological polar surface area (TPSA) is 23.6 Å². The van der Waals surface area contributed by atoms with Gasteiger partial charge in [0, 0.05) is 19.5 Å². The van der Waals surface area contributed by atoms with Crippen LogP contribution in [0.5, 0.6) is 0 Å². The highest BCUT2D eigenvalue weighted by Crippen LogP contribution is 2.27. The van der Waals surface area contributed by atoms with Crippen LogP contribution >= 0.6 is 0 Å². The third-order valence-electron chi connectivity index (χ3n) is 3.58. The smallest absolute Gasteiger partial charge is 0.282 e. The number of halogens is 2. The molecule has 0 aromatic carbocycles. The van der Waals surface area contributed by atoms with Crippen LogP contribution < -0.4 is 0 Å².